The predicted octanol–water partition coefficient (Wildman–Crippen LogP) is 1.61. The van der Waals surface area contributed by atoms with Gasteiger partial charge in [0.2, 0.25) is 0 Å². The topological polar surface area (TPSA) is 15.3 Å². The molecule has 84 valence electrons. The summed E-state index contributed by atoms with van der Waals surface area (Å²) in [4.78, 5) is 2.66. The number of rotatable bonds is 4. The van der Waals surface area contributed by atoms with Gasteiger partial charge in [0.25, 0.3) is 0 Å². The molecule has 2 unspecified atom stereocenters. The fourth-order valence-electron chi connectivity index (χ4n) is 3.29. The Balaban J connectivity index is 1.89. The number of nitrogens with zero attached hydrogens (tertiary/aromatic N) is 1. The van der Waals surface area contributed by atoms with Crippen LogP contribution in [0.1, 0.15) is 39.0 Å². The van der Waals surface area contributed by atoms with E-state index in [0.717, 1.165) is 37.6 Å². The largest absolute Gasteiger partial charge is 0.314 e. The summed E-state index contributed by atoms with van der Waals surface area (Å²) in [6.07, 6.45) is 11.7. The van der Waals surface area contributed by atoms with Crippen molar-refractivity contribution in [2.75, 3.05) is 13.1 Å². The van der Waals surface area contributed by atoms with Crippen molar-refractivity contribution in [1.29, 1.82) is 0 Å². The first-order valence-electron chi connectivity index (χ1n) is 6.27. The van der Waals surface area contributed by atoms with Gasteiger partial charge in [-0.15, -0.1) is 12.3 Å². The molecule has 0 saturated carbocycles. The van der Waals surface area contributed by atoms with E-state index in [1.54, 1.807) is 0 Å². The summed E-state index contributed by atoms with van der Waals surface area (Å²) >= 11 is 0. The van der Waals surface area contributed by atoms with Crippen molar-refractivity contribution in [3.63, 3.8) is 0 Å². The summed E-state index contributed by atoms with van der Waals surface area (Å²) in [6, 6.07) is 2.37. The van der Waals surface area contributed by atoms with Crippen LogP contribution in [0, 0.1) is 12.3 Å². The van der Waals surface area contributed by atoms with Gasteiger partial charge in [-0.2, -0.15) is 0 Å². The molecule has 0 aliphatic carbocycles. The highest BCUT2D eigenvalue weighted by Crippen LogP contribution is 2.35. The summed E-state index contributed by atoms with van der Waals surface area (Å²) in [5, 5.41) is 3.59. The maximum Gasteiger partial charge on any atom is 0.0214 e. The Morgan fingerprint density at radius 1 is 1.33 bits per heavy atom. The molecule has 0 amide bonds. The molecule has 0 radical (unpaired) electrons. The standard InChI is InChI=1S/C13H22N2/c1-3-5-8-15-12-6-7-13(15)10-11(9-12)14-4-2/h1,11-14H,4-10H2,2H3. The third-order valence-electron chi connectivity index (χ3n) is 3.89. The Morgan fingerprint density at radius 2 is 2.00 bits per heavy atom. The Hall–Kier alpha value is -0.520. The van der Waals surface area contributed by atoms with Crippen molar-refractivity contribution in [1.82, 2.24) is 10.2 Å². The third-order valence-corrected chi connectivity index (χ3v) is 3.89. The van der Waals surface area contributed by atoms with E-state index in [9.17, 15) is 0 Å². The quantitative estimate of drug-likeness (QED) is 0.703. The molecule has 15 heavy (non-hydrogen) atoms. The van der Waals surface area contributed by atoms with Crippen LogP contribution in [0.15, 0.2) is 0 Å². The molecule has 0 spiro atoms. The van der Waals surface area contributed by atoms with Gasteiger partial charge in [-0.05, 0) is 32.2 Å². The second kappa shape index (κ2) is 5.01. The molecule has 2 heterocycles. The lowest BCUT2D eigenvalue weighted by molar-refractivity contribution is 0.120. The van der Waals surface area contributed by atoms with E-state index in [4.69, 9.17) is 6.42 Å². The molecule has 0 aromatic rings. The second-order valence-corrected chi connectivity index (χ2v) is 4.80. The fourth-order valence-corrected chi connectivity index (χ4v) is 3.29. The SMILES string of the molecule is C#CCCN1C2CCC1CC(NCC)C2. The lowest BCUT2D eigenvalue weighted by Gasteiger charge is -2.39. The Labute approximate surface area is 93.4 Å². The van der Waals surface area contributed by atoms with Crippen LogP contribution >= 0.6 is 0 Å². The maximum atomic E-state index is 5.34. The first-order chi connectivity index (χ1) is 7.35. The molecule has 2 saturated heterocycles. The monoisotopic (exact) mass is 206 g/mol. The van der Waals surface area contributed by atoms with Gasteiger partial charge in [-0.1, -0.05) is 6.92 Å². The van der Waals surface area contributed by atoms with E-state index in [-0.39, 0.29) is 0 Å². The van der Waals surface area contributed by atoms with Crippen LogP contribution in [-0.4, -0.2) is 36.1 Å². The van der Waals surface area contributed by atoms with Crippen LogP contribution in [0.4, 0.5) is 0 Å². The van der Waals surface area contributed by atoms with Gasteiger partial charge in [0.05, 0.1) is 0 Å². The molecular formula is C13H22N2. The smallest absolute Gasteiger partial charge is 0.0214 e. The van der Waals surface area contributed by atoms with E-state index in [2.05, 4.69) is 23.1 Å². The highest BCUT2D eigenvalue weighted by Gasteiger charge is 2.39. The van der Waals surface area contributed by atoms with Gasteiger partial charge >= 0.3 is 0 Å². The minimum atomic E-state index is 0.759. The van der Waals surface area contributed by atoms with Gasteiger partial charge in [0.1, 0.15) is 0 Å². The van der Waals surface area contributed by atoms with Crippen LogP contribution < -0.4 is 5.32 Å². The molecular weight excluding hydrogens is 184 g/mol. The van der Waals surface area contributed by atoms with E-state index < -0.39 is 0 Å². The van der Waals surface area contributed by atoms with E-state index in [1.807, 2.05) is 0 Å². The van der Waals surface area contributed by atoms with Crippen molar-refractivity contribution in [3.05, 3.63) is 0 Å². The van der Waals surface area contributed by atoms with Crippen molar-refractivity contribution in [2.45, 2.75) is 57.2 Å². The lowest BCUT2D eigenvalue weighted by Crippen LogP contribution is -2.49. The number of piperidine rings is 1. The van der Waals surface area contributed by atoms with Crippen LogP contribution in [0.5, 0.6) is 0 Å². The van der Waals surface area contributed by atoms with E-state index in [1.165, 1.54) is 25.7 Å². The highest BCUT2D eigenvalue weighted by molar-refractivity contribution is 4.98. The minimum Gasteiger partial charge on any atom is -0.314 e. The van der Waals surface area contributed by atoms with Crippen molar-refractivity contribution < 1.29 is 0 Å². The highest BCUT2D eigenvalue weighted by atomic mass is 15.2. The van der Waals surface area contributed by atoms with Crippen LogP contribution in [-0.2, 0) is 0 Å². The minimum absolute atomic E-state index is 0.759. The second-order valence-electron chi connectivity index (χ2n) is 4.80. The average molecular weight is 206 g/mol. The summed E-state index contributed by atoms with van der Waals surface area (Å²) in [7, 11) is 0. The molecule has 2 rings (SSSR count). The number of fused-ring (bicyclic) bond motifs is 2. The first-order valence-corrected chi connectivity index (χ1v) is 6.27. The van der Waals surface area contributed by atoms with Gasteiger partial charge in [-0.3, -0.25) is 4.90 Å². The molecule has 2 atom stereocenters. The van der Waals surface area contributed by atoms with Crippen LogP contribution in [0.25, 0.3) is 0 Å². The molecule has 2 aliphatic heterocycles. The predicted molar refractivity (Wildman–Crippen MR) is 63.7 cm³/mol. The number of hydrogen-bond acceptors (Lipinski definition) is 2. The molecule has 0 aromatic heterocycles. The molecule has 2 bridgehead atoms. The summed E-state index contributed by atoms with van der Waals surface area (Å²) < 4.78 is 0. The third kappa shape index (κ3) is 2.35. The average Bonchev–Trinajstić information content (AvgIpc) is 2.48. The van der Waals surface area contributed by atoms with Crippen molar-refractivity contribution in [2.24, 2.45) is 0 Å². The lowest BCUT2D eigenvalue weighted by atomic mass is 9.97. The summed E-state index contributed by atoms with van der Waals surface area (Å²) in [6.45, 7) is 4.42. The molecule has 2 fully saturated rings. The van der Waals surface area contributed by atoms with Crippen molar-refractivity contribution in [3.8, 4) is 12.3 Å². The fraction of sp³-hybridized carbons (Fsp3) is 0.846. The zero-order chi connectivity index (χ0) is 10.7. The molecule has 2 heteroatoms. The molecule has 2 nitrogen and oxygen atoms in total. The van der Waals surface area contributed by atoms with Gasteiger partial charge in [0.15, 0.2) is 0 Å². The molecule has 0 aromatic carbocycles. The van der Waals surface area contributed by atoms with Gasteiger partial charge < -0.3 is 5.32 Å². The maximum absolute atomic E-state index is 5.34. The molecule has 2 aliphatic rings. The van der Waals surface area contributed by atoms with E-state index >= 15 is 0 Å². The Bertz CT molecular complexity index is 229. The molecule has 1 N–H and O–H groups in total. The van der Waals surface area contributed by atoms with Gasteiger partial charge in [-0.25, -0.2) is 0 Å². The zero-order valence-corrected chi connectivity index (χ0v) is 9.71. The van der Waals surface area contributed by atoms with Crippen molar-refractivity contribution >= 4 is 0 Å². The van der Waals surface area contributed by atoms with E-state index in [0.29, 0.717) is 0 Å². The summed E-state index contributed by atoms with van der Waals surface area (Å²) in [5.74, 6) is 2.76. The number of hydrogen-bond donors (Lipinski definition) is 1. The first kappa shape index (κ1) is 11.0. The van der Waals surface area contributed by atoms with Crippen LogP contribution in [0.3, 0.4) is 0 Å². The Kier molecular flexibility index (Phi) is 3.66. The van der Waals surface area contributed by atoms with Crippen LogP contribution in [0.2, 0.25) is 0 Å². The normalized spacial score (nSPS) is 35.3. The van der Waals surface area contributed by atoms with Gasteiger partial charge in [0, 0.05) is 31.1 Å². The summed E-state index contributed by atoms with van der Waals surface area (Å²) in [5.41, 5.74) is 0. The zero-order valence-electron chi connectivity index (χ0n) is 9.71. The Morgan fingerprint density at radius 3 is 2.53 bits per heavy atom. The number of nitrogens with one attached hydrogen (secondary N) is 1. The number of terminal acetylenes is 1.